The second kappa shape index (κ2) is 8.02. The Morgan fingerprint density at radius 1 is 1.07 bits per heavy atom. The van der Waals surface area contributed by atoms with E-state index in [9.17, 15) is 9.59 Å². The molecule has 1 fully saturated rings. The second-order valence-electron chi connectivity index (χ2n) is 7.85. The molecule has 1 saturated carbocycles. The van der Waals surface area contributed by atoms with Gasteiger partial charge in [-0.1, -0.05) is 24.4 Å². The van der Waals surface area contributed by atoms with Gasteiger partial charge in [0.25, 0.3) is 11.8 Å². The minimum absolute atomic E-state index is 0.106. The molecule has 5 rings (SSSR count). The quantitative estimate of drug-likeness (QED) is 0.497. The standard InChI is InChI=1S/C21H22ClN5O2S/c22-12-5-6-13-11(7-12)8-16(24-13)19(28)25-14-3-1-2-4-15(14)26-20(29)21-27-17-9-23-10-18(17)30-21/h5-8,14-15,23-24H,1-4,9-10H2,(H,25,28)(H,26,29)/t14-,15+/m1/s1. The number of hydrogen-bond acceptors (Lipinski definition) is 5. The molecule has 0 unspecified atom stereocenters. The highest BCUT2D eigenvalue weighted by Gasteiger charge is 2.30. The fraction of sp³-hybridized carbons (Fsp3) is 0.381. The van der Waals surface area contributed by atoms with Gasteiger partial charge >= 0.3 is 0 Å². The number of benzene rings is 1. The molecular weight excluding hydrogens is 422 g/mol. The smallest absolute Gasteiger partial charge is 0.280 e. The Labute approximate surface area is 182 Å². The Hall–Kier alpha value is -2.42. The van der Waals surface area contributed by atoms with E-state index in [2.05, 4.69) is 25.9 Å². The number of nitrogens with one attached hydrogen (secondary N) is 4. The fourth-order valence-corrected chi connectivity index (χ4v) is 5.36. The van der Waals surface area contributed by atoms with Gasteiger partial charge in [-0.2, -0.15) is 0 Å². The first-order valence-corrected chi connectivity index (χ1v) is 11.4. The normalized spacial score (nSPS) is 20.8. The SMILES string of the molecule is O=C(N[C@@H]1CCCC[C@@H]1NC(=O)c1nc2c(s1)CNC2)c1cc2cc(Cl)ccc2[nH]1. The number of carbonyl (C=O) groups is 2. The predicted octanol–water partition coefficient (Wildman–Crippen LogP) is 3.35. The van der Waals surface area contributed by atoms with Crippen molar-refractivity contribution in [2.75, 3.05) is 0 Å². The minimum atomic E-state index is -0.173. The number of carbonyl (C=O) groups excluding carboxylic acids is 2. The summed E-state index contributed by atoms with van der Waals surface area (Å²) in [6, 6.07) is 7.06. The molecule has 2 atom stereocenters. The molecular formula is C21H22ClN5O2S. The van der Waals surface area contributed by atoms with Crippen molar-refractivity contribution in [1.29, 1.82) is 0 Å². The number of halogens is 1. The summed E-state index contributed by atoms with van der Waals surface area (Å²) in [4.78, 5) is 34.3. The Morgan fingerprint density at radius 2 is 1.83 bits per heavy atom. The van der Waals surface area contributed by atoms with Crippen molar-refractivity contribution in [2.45, 2.75) is 50.9 Å². The van der Waals surface area contributed by atoms with Gasteiger partial charge in [-0.15, -0.1) is 11.3 Å². The van der Waals surface area contributed by atoms with Crippen LogP contribution in [0.3, 0.4) is 0 Å². The van der Waals surface area contributed by atoms with E-state index in [0.717, 1.165) is 60.2 Å². The first-order chi connectivity index (χ1) is 14.6. The number of nitrogens with zero attached hydrogens (tertiary/aromatic N) is 1. The topological polar surface area (TPSA) is 98.9 Å². The van der Waals surface area contributed by atoms with Crippen LogP contribution in [0.4, 0.5) is 0 Å². The van der Waals surface area contributed by atoms with Gasteiger partial charge in [-0.3, -0.25) is 9.59 Å². The number of thiazole rings is 1. The molecule has 0 bridgehead atoms. The van der Waals surface area contributed by atoms with E-state index in [1.807, 2.05) is 12.1 Å². The molecule has 2 aromatic heterocycles. The third-order valence-corrected chi connectivity index (χ3v) is 7.11. The van der Waals surface area contributed by atoms with Crippen LogP contribution in [-0.4, -0.2) is 33.9 Å². The zero-order valence-corrected chi connectivity index (χ0v) is 17.8. The zero-order chi connectivity index (χ0) is 20.7. The molecule has 3 heterocycles. The highest BCUT2D eigenvalue weighted by atomic mass is 35.5. The third kappa shape index (κ3) is 3.82. The van der Waals surface area contributed by atoms with Crippen molar-refractivity contribution in [3.8, 4) is 0 Å². The van der Waals surface area contributed by atoms with Crippen molar-refractivity contribution in [2.24, 2.45) is 0 Å². The van der Waals surface area contributed by atoms with Crippen molar-refractivity contribution in [3.63, 3.8) is 0 Å². The van der Waals surface area contributed by atoms with Crippen molar-refractivity contribution in [3.05, 3.63) is 50.6 Å². The molecule has 30 heavy (non-hydrogen) atoms. The Balaban J connectivity index is 1.28. The first kappa shape index (κ1) is 19.5. The first-order valence-electron chi connectivity index (χ1n) is 10.2. The summed E-state index contributed by atoms with van der Waals surface area (Å²) in [6.45, 7) is 1.50. The van der Waals surface area contributed by atoms with Crippen LogP contribution < -0.4 is 16.0 Å². The molecule has 0 saturated heterocycles. The van der Waals surface area contributed by atoms with Crippen LogP contribution >= 0.6 is 22.9 Å². The molecule has 4 N–H and O–H groups in total. The monoisotopic (exact) mass is 443 g/mol. The van der Waals surface area contributed by atoms with E-state index in [-0.39, 0.29) is 23.9 Å². The summed E-state index contributed by atoms with van der Waals surface area (Å²) < 4.78 is 0. The van der Waals surface area contributed by atoms with E-state index in [1.54, 1.807) is 12.1 Å². The molecule has 2 amide bonds. The van der Waals surface area contributed by atoms with Crippen molar-refractivity contribution >= 4 is 45.7 Å². The maximum atomic E-state index is 12.9. The lowest BCUT2D eigenvalue weighted by Crippen LogP contribution is -2.53. The van der Waals surface area contributed by atoms with Gasteiger partial charge in [0.05, 0.1) is 5.69 Å². The van der Waals surface area contributed by atoms with Gasteiger partial charge < -0.3 is 20.9 Å². The summed E-state index contributed by atoms with van der Waals surface area (Å²) in [7, 11) is 0. The van der Waals surface area contributed by atoms with Crippen LogP contribution in [0.1, 0.15) is 56.5 Å². The van der Waals surface area contributed by atoms with Gasteiger partial charge in [0, 0.05) is 46.0 Å². The van der Waals surface area contributed by atoms with Gasteiger partial charge in [0.2, 0.25) is 0 Å². The molecule has 1 aromatic carbocycles. The van der Waals surface area contributed by atoms with Crippen LogP contribution in [0, 0.1) is 0 Å². The van der Waals surface area contributed by atoms with Crippen LogP contribution in [0.25, 0.3) is 10.9 Å². The summed E-state index contributed by atoms with van der Waals surface area (Å²) in [5, 5.41) is 11.5. The summed E-state index contributed by atoms with van der Waals surface area (Å²) in [6.07, 6.45) is 3.73. The molecule has 9 heteroatoms. The lowest BCUT2D eigenvalue weighted by molar-refractivity contribution is 0.0860. The molecule has 156 valence electrons. The zero-order valence-electron chi connectivity index (χ0n) is 16.3. The average molecular weight is 444 g/mol. The Kier molecular flexibility index (Phi) is 5.22. The van der Waals surface area contributed by atoms with E-state index >= 15 is 0 Å². The average Bonchev–Trinajstić information content (AvgIpc) is 3.43. The van der Waals surface area contributed by atoms with Crippen LogP contribution in [-0.2, 0) is 13.1 Å². The lowest BCUT2D eigenvalue weighted by Gasteiger charge is -2.32. The Morgan fingerprint density at radius 3 is 2.60 bits per heavy atom. The van der Waals surface area contributed by atoms with Gasteiger partial charge in [0.1, 0.15) is 5.69 Å². The largest absolute Gasteiger partial charge is 0.351 e. The molecule has 7 nitrogen and oxygen atoms in total. The number of aromatic amines is 1. The highest BCUT2D eigenvalue weighted by Crippen LogP contribution is 2.25. The van der Waals surface area contributed by atoms with Crippen molar-refractivity contribution in [1.82, 2.24) is 25.9 Å². The van der Waals surface area contributed by atoms with E-state index in [0.29, 0.717) is 15.7 Å². The molecule has 3 aromatic rings. The lowest BCUT2D eigenvalue weighted by atomic mass is 9.90. The highest BCUT2D eigenvalue weighted by molar-refractivity contribution is 7.13. The van der Waals surface area contributed by atoms with Crippen LogP contribution in [0.2, 0.25) is 5.02 Å². The fourth-order valence-electron chi connectivity index (χ4n) is 4.23. The summed E-state index contributed by atoms with van der Waals surface area (Å²) >= 11 is 7.49. The number of aromatic nitrogens is 2. The number of fused-ring (bicyclic) bond motifs is 2. The molecule has 2 aliphatic rings. The van der Waals surface area contributed by atoms with E-state index in [1.165, 1.54) is 11.3 Å². The summed E-state index contributed by atoms with van der Waals surface area (Å²) in [5.74, 6) is -0.325. The minimum Gasteiger partial charge on any atom is -0.351 e. The molecule has 0 spiro atoms. The number of rotatable bonds is 4. The maximum Gasteiger partial charge on any atom is 0.280 e. The van der Waals surface area contributed by atoms with Gasteiger partial charge in [-0.25, -0.2) is 4.98 Å². The van der Waals surface area contributed by atoms with Gasteiger partial charge in [0.15, 0.2) is 5.01 Å². The van der Waals surface area contributed by atoms with E-state index < -0.39 is 0 Å². The van der Waals surface area contributed by atoms with Crippen LogP contribution in [0.5, 0.6) is 0 Å². The maximum absolute atomic E-state index is 12.9. The Bertz CT molecular complexity index is 1100. The number of amides is 2. The molecule has 1 aliphatic heterocycles. The number of hydrogen-bond donors (Lipinski definition) is 4. The summed E-state index contributed by atoms with van der Waals surface area (Å²) in [5.41, 5.74) is 2.33. The van der Waals surface area contributed by atoms with Gasteiger partial charge in [-0.05, 0) is 37.1 Å². The molecule has 0 radical (unpaired) electrons. The third-order valence-electron chi connectivity index (χ3n) is 5.78. The second-order valence-corrected chi connectivity index (χ2v) is 9.37. The number of H-pyrrole nitrogens is 1. The van der Waals surface area contributed by atoms with Crippen molar-refractivity contribution < 1.29 is 9.59 Å². The van der Waals surface area contributed by atoms with Crippen LogP contribution in [0.15, 0.2) is 24.3 Å². The molecule has 1 aliphatic carbocycles. The predicted molar refractivity (Wildman–Crippen MR) is 117 cm³/mol. The van der Waals surface area contributed by atoms with E-state index in [4.69, 9.17) is 11.6 Å².